The average molecular weight is 370 g/mol. The van der Waals surface area contributed by atoms with Crippen LogP contribution in [0.15, 0.2) is 48.8 Å². The molecule has 0 aliphatic heterocycles. The van der Waals surface area contributed by atoms with Crippen LogP contribution in [0.5, 0.6) is 0 Å². The normalized spacial score (nSPS) is 10.4. The van der Waals surface area contributed by atoms with Gasteiger partial charge in [0.05, 0.1) is 16.4 Å². The fourth-order valence-corrected chi connectivity index (χ4v) is 2.55. The molecule has 0 saturated carbocycles. The smallest absolute Gasteiger partial charge is 0.322 e. The fourth-order valence-electron chi connectivity index (χ4n) is 2.27. The Bertz CT molecular complexity index is 934. The highest BCUT2D eigenvalue weighted by Crippen LogP contribution is 2.28. The first-order chi connectivity index (χ1) is 12.5. The van der Waals surface area contributed by atoms with E-state index in [4.69, 9.17) is 16.7 Å². The molecule has 3 N–H and O–H groups in total. The molecule has 3 aromatic rings. The Hall–Kier alpha value is -3.19. The number of benzene rings is 1. The van der Waals surface area contributed by atoms with E-state index in [1.165, 1.54) is 0 Å². The van der Waals surface area contributed by atoms with E-state index in [1.807, 2.05) is 31.2 Å². The number of hydrogen-bond donors (Lipinski definition) is 3. The van der Waals surface area contributed by atoms with Crippen molar-refractivity contribution >= 4 is 35.0 Å². The molecule has 0 spiro atoms. The van der Waals surface area contributed by atoms with Crippen molar-refractivity contribution in [3.05, 3.63) is 59.4 Å². The zero-order valence-corrected chi connectivity index (χ0v) is 14.7. The predicted molar refractivity (Wildman–Crippen MR) is 101 cm³/mol. The fraction of sp³-hybridized carbons (Fsp3) is 0.111. The van der Waals surface area contributed by atoms with E-state index in [9.17, 15) is 4.79 Å². The number of rotatable bonds is 6. The number of aryl methyl sites for hydroxylation is 1. The van der Waals surface area contributed by atoms with E-state index >= 15 is 0 Å². The summed E-state index contributed by atoms with van der Waals surface area (Å²) in [4.78, 5) is 23.6. The number of hydrogen-bond acceptors (Lipinski definition) is 6. The first-order valence-electron chi connectivity index (χ1n) is 7.79. The number of aliphatic carboxylic acids is 1. The van der Waals surface area contributed by atoms with Gasteiger partial charge in [0.15, 0.2) is 0 Å². The Morgan fingerprint density at radius 2 is 2.08 bits per heavy atom. The maximum Gasteiger partial charge on any atom is 0.322 e. The summed E-state index contributed by atoms with van der Waals surface area (Å²) in [5, 5.41) is 15.3. The lowest BCUT2D eigenvalue weighted by atomic mass is 10.2. The van der Waals surface area contributed by atoms with Crippen LogP contribution in [0.3, 0.4) is 0 Å². The van der Waals surface area contributed by atoms with Crippen molar-refractivity contribution in [3.63, 3.8) is 0 Å². The molecule has 3 rings (SSSR count). The minimum Gasteiger partial charge on any atom is -0.480 e. The molecule has 0 fully saturated rings. The standard InChI is InChI=1S/C18H16ClN5O2/c1-11-4-5-14(13(19)7-11)22-16-8-15(12-3-2-6-20-9-12)23-18(24-16)21-10-17(25)26/h2-9H,10H2,1H3,(H,25,26)(H2,21,22,23,24). The van der Waals surface area contributed by atoms with Crippen molar-refractivity contribution in [2.24, 2.45) is 0 Å². The van der Waals surface area contributed by atoms with Gasteiger partial charge in [0, 0.05) is 24.0 Å². The van der Waals surface area contributed by atoms with Crippen molar-refractivity contribution in [2.45, 2.75) is 6.92 Å². The van der Waals surface area contributed by atoms with Gasteiger partial charge in [-0.3, -0.25) is 9.78 Å². The van der Waals surface area contributed by atoms with Crippen LogP contribution in [0, 0.1) is 6.92 Å². The Balaban J connectivity index is 1.97. The largest absolute Gasteiger partial charge is 0.480 e. The second kappa shape index (κ2) is 7.79. The summed E-state index contributed by atoms with van der Waals surface area (Å²) in [6.07, 6.45) is 3.34. The molecule has 7 nitrogen and oxygen atoms in total. The quantitative estimate of drug-likeness (QED) is 0.608. The van der Waals surface area contributed by atoms with Crippen LogP contribution in [0.4, 0.5) is 17.5 Å². The first-order valence-corrected chi connectivity index (χ1v) is 8.17. The maximum absolute atomic E-state index is 10.8. The highest BCUT2D eigenvalue weighted by atomic mass is 35.5. The summed E-state index contributed by atoms with van der Waals surface area (Å²) < 4.78 is 0. The van der Waals surface area contributed by atoms with E-state index in [2.05, 4.69) is 25.6 Å². The summed E-state index contributed by atoms with van der Waals surface area (Å²) in [6, 6.07) is 11.0. The average Bonchev–Trinajstić information content (AvgIpc) is 2.63. The Morgan fingerprint density at radius 3 is 2.77 bits per heavy atom. The number of aromatic nitrogens is 3. The molecule has 8 heteroatoms. The topological polar surface area (TPSA) is 100 Å². The van der Waals surface area contributed by atoms with Crippen LogP contribution in [0.1, 0.15) is 5.56 Å². The lowest BCUT2D eigenvalue weighted by Gasteiger charge is -2.12. The summed E-state index contributed by atoms with van der Waals surface area (Å²) >= 11 is 6.27. The van der Waals surface area contributed by atoms with E-state index in [1.54, 1.807) is 24.5 Å². The van der Waals surface area contributed by atoms with Gasteiger partial charge in [0.25, 0.3) is 0 Å². The van der Waals surface area contributed by atoms with Crippen LogP contribution in [-0.2, 0) is 4.79 Å². The van der Waals surface area contributed by atoms with Crippen molar-refractivity contribution < 1.29 is 9.90 Å². The van der Waals surface area contributed by atoms with E-state index in [-0.39, 0.29) is 12.5 Å². The Morgan fingerprint density at radius 1 is 1.23 bits per heavy atom. The molecule has 26 heavy (non-hydrogen) atoms. The second-order valence-electron chi connectivity index (χ2n) is 5.56. The summed E-state index contributed by atoms with van der Waals surface area (Å²) in [7, 11) is 0. The number of nitrogens with zero attached hydrogens (tertiary/aromatic N) is 3. The number of carbonyl (C=O) groups is 1. The maximum atomic E-state index is 10.8. The lowest BCUT2D eigenvalue weighted by Crippen LogP contribution is -2.15. The second-order valence-corrected chi connectivity index (χ2v) is 5.97. The minimum absolute atomic E-state index is 0.194. The van der Waals surface area contributed by atoms with Crippen molar-refractivity contribution in [2.75, 3.05) is 17.2 Å². The summed E-state index contributed by atoms with van der Waals surface area (Å²) in [5.41, 5.74) is 3.12. The number of carboxylic acids is 1. The number of anilines is 3. The molecular weight excluding hydrogens is 354 g/mol. The summed E-state index contributed by atoms with van der Waals surface area (Å²) in [5.74, 6) is -0.326. The molecule has 0 aliphatic rings. The van der Waals surface area contributed by atoms with E-state index in [0.717, 1.165) is 11.1 Å². The monoisotopic (exact) mass is 369 g/mol. The molecule has 2 heterocycles. The van der Waals surface area contributed by atoms with Crippen LogP contribution < -0.4 is 10.6 Å². The number of halogens is 1. The van der Waals surface area contributed by atoms with Crippen LogP contribution >= 0.6 is 11.6 Å². The van der Waals surface area contributed by atoms with Crippen LogP contribution in [0.25, 0.3) is 11.3 Å². The molecule has 0 aliphatic carbocycles. The molecule has 2 aromatic heterocycles. The third-order valence-corrected chi connectivity index (χ3v) is 3.78. The van der Waals surface area contributed by atoms with Crippen LogP contribution in [0.2, 0.25) is 5.02 Å². The SMILES string of the molecule is Cc1ccc(Nc2cc(-c3cccnc3)nc(NCC(=O)O)n2)c(Cl)c1. The number of nitrogens with one attached hydrogen (secondary N) is 2. The first kappa shape index (κ1) is 17.6. The molecule has 0 bridgehead atoms. The molecule has 0 unspecified atom stereocenters. The number of carboxylic acid groups (broad SMARTS) is 1. The van der Waals surface area contributed by atoms with E-state index < -0.39 is 5.97 Å². The molecule has 0 radical (unpaired) electrons. The van der Waals surface area contributed by atoms with Gasteiger partial charge in [-0.25, -0.2) is 4.98 Å². The van der Waals surface area contributed by atoms with Crippen LogP contribution in [-0.4, -0.2) is 32.6 Å². The Labute approximate surface area is 155 Å². The van der Waals surface area contributed by atoms with Crippen molar-refractivity contribution in [1.82, 2.24) is 15.0 Å². The van der Waals surface area contributed by atoms with Gasteiger partial charge in [-0.05, 0) is 36.8 Å². The molecule has 1 aromatic carbocycles. The third-order valence-electron chi connectivity index (χ3n) is 3.47. The molecular formula is C18H16ClN5O2. The predicted octanol–water partition coefficient (Wildman–Crippen LogP) is 3.74. The molecule has 132 valence electrons. The van der Waals surface area contributed by atoms with Crippen molar-refractivity contribution in [3.8, 4) is 11.3 Å². The van der Waals surface area contributed by atoms with Crippen molar-refractivity contribution in [1.29, 1.82) is 0 Å². The van der Waals surface area contributed by atoms with Gasteiger partial charge < -0.3 is 15.7 Å². The third kappa shape index (κ3) is 4.46. The lowest BCUT2D eigenvalue weighted by molar-refractivity contribution is -0.134. The Kier molecular flexibility index (Phi) is 5.28. The molecule has 0 saturated heterocycles. The zero-order valence-electron chi connectivity index (χ0n) is 13.9. The van der Waals surface area contributed by atoms with Gasteiger partial charge in [-0.1, -0.05) is 17.7 Å². The van der Waals surface area contributed by atoms with Gasteiger partial charge in [-0.2, -0.15) is 4.98 Å². The summed E-state index contributed by atoms with van der Waals surface area (Å²) in [6.45, 7) is 1.66. The zero-order chi connectivity index (χ0) is 18.5. The minimum atomic E-state index is -1.00. The van der Waals surface area contributed by atoms with Gasteiger partial charge in [0.1, 0.15) is 12.4 Å². The van der Waals surface area contributed by atoms with Gasteiger partial charge >= 0.3 is 5.97 Å². The molecule has 0 atom stereocenters. The van der Waals surface area contributed by atoms with Gasteiger partial charge in [0.2, 0.25) is 5.95 Å². The van der Waals surface area contributed by atoms with E-state index in [0.29, 0.717) is 22.2 Å². The molecule has 0 amide bonds. The highest BCUT2D eigenvalue weighted by Gasteiger charge is 2.10. The highest BCUT2D eigenvalue weighted by molar-refractivity contribution is 6.33. The van der Waals surface area contributed by atoms with Gasteiger partial charge in [-0.15, -0.1) is 0 Å². The number of pyridine rings is 1.